The van der Waals surface area contributed by atoms with Crippen LogP contribution in [0.1, 0.15) is 5.56 Å². The minimum Gasteiger partial charge on any atom is -0.411 e. The molecule has 0 atom stereocenters. The predicted octanol–water partition coefficient (Wildman–Crippen LogP) is 2.33. The normalized spacial score (nSPS) is 8.69. The Morgan fingerprint density at radius 3 is 2.38 bits per heavy atom. The van der Waals surface area contributed by atoms with Crippen molar-refractivity contribution >= 4 is 29.2 Å². The zero-order valence-corrected chi connectivity index (χ0v) is 9.49. The zero-order valence-electron chi connectivity index (χ0n) is 7.86. The van der Waals surface area contributed by atoms with Gasteiger partial charge in [0, 0.05) is 13.6 Å². The summed E-state index contributed by atoms with van der Waals surface area (Å²) < 4.78 is 0.513. The van der Waals surface area contributed by atoms with Crippen LogP contribution in [0.15, 0.2) is 30.3 Å². The Balaban J connectivity index is 0.00000144. The Kier molecular flexibility index (Phi) is 5.53. The van der Waals surface area contributed by atoms with Crippen molar-refractivity contribution in [2.75, 3.05) is 7.05 Å². The van der Waals surface area contributed by atoms with Gasteiger partial charge in [-0.25, -0.2) is 0 Å². The average molecular weight is 214 g/mol. The molecule has 0 radical (unpaired) electrons. The smallest absolute Gasteiger partial charge is 0.0410 e. The second-order valence-corrected chi connectivity index (χ2v) is 3.64. The summed E-state index contributed by atoms with van der Waals surface area (Å²) in [6.45, 7) is 0.795. The van der Waals surface area contributed by atoms with Crippen LogP contribution in [0.4, 0.5) is 0 Å². The minimum atomic E-state index is 0. The number of thiocarbonyl (C=S) groups is 1. The van der Waals surface area contributed by atoms with Gasteiger partial charge in [0.25, 0.3) is 0 Å². The highest BCUT2D eigenvalue weighted by Crippen LogP contribution is 2.02. The van der Waals surface area contributed by atoms with E-state index in [-0.39, 0.29) is 6.15 Å². The van der Waals surface area contributed by atoms with Crippen LogP contribution < -0.4 is 6.15 Å². The monoisotopic (exact) mass is 214 g/mol. The van der Waals surface area contributed by atoms with Crippen LogP contribution in [-0.4, -0.2) is 16.3 Å². The largest absolute Gasteiger partial charge is 0.411 e. The molecule has 1 aromatic rings. The molecular formula is C9H14N2S2. The molecule has 0 aliphatic heterocycles. The lowest BCUT2D eigenvalue weighted by Gasteiger charge is -2.22. The van der Waals surface area contributed by atoms with E-state index in [9.17, 15) is 0 Å². The molecule has 0 spiro atoms. The first-order chi connectivity index (χ1) is 5.70. The summed E-state index contributed by atoms with van der Waals surface area (Å²) in [5, 5.41) is 0. The molecule has 0 saturated carbocycles. The Bertz CT molecular complexity index is 262. The molecule has 0 saturated heterocycles. The first kappa shape index (κ1) is 12.3. The van der Waals surface area contributed by atoms with Crippen LogP contribution >= 0.6 is 12.2 Å². The molecular weight excluding hydrogens is 200 g/mol. The van der Waals surface area contributed by atoms with Gasteiger partial charge in [-0.3, -0.25) is 0 Å². The van der Waals surface area contributed by atoms with Crippen molar-refractivity contribution in [3.05, 3.63) is 35.9 Å². The fraction of sp³-hybridized carbons (Fsp3) is 0.222. The maximum absolute atomic E-state index is 4.86. The van der Waals surface area contributed by atoms with Gasteiger partial charge in [0.15, 0.2) is 0 Å². The number of rotatable bonds is 2. The molecule has 4 N–H and O–H groups in total. The highest BCUT2D eigenvalue weighted by atomic mass is 32.1. The molecule has 4 heteroatoms. The van der Waals surface area contributed by atoms with Crippen molar-refractivity contribution in [1.29, 1.82) is 0 Å². The summed E-state index contributed by atoms with van der Waals surface area (Å²) in [6.07, 6.45) is 0. The molecule has 0 heterocycles. The Hall–Kier alpha value is -0.710. The van der Waals surface area contributed by atoms with Crippen LogP contribution in [0.5, 0.6) is 0 Å². The van der Waals surface area contributed by atoms with Crippen molar-refractivity contribution in [2.45, 2.75) is 6.54 Å². The van der Waals surface area contributed by atoms with Gasteiger partial charge in [0.2, 0.25) is 0 Å². The fourth-order valence-corrected chi connectivity index (χ4v) is 1.05. The van der Waals surface area contributed by atoms with E-state index < -0.39 is 0 Å². The van der Waals surface area contributed by atoms with Crippen molar-refractivity contribution in [2.24, 2.45) is 0 Å². The van der Waals surface area contributed by atoms with E-state index in [0.29, 0.717) is 4.32 Å². The number of quaternary nitrogens is 1. The van der Waals surface area contributed by atoms with Crippen molar-refractivity contribution in [1.82, 2.24) is 11.1 Å². The summed E-state index contributed by atoms with van der Waals surface area (Å²) in [5.74, 6) is 0. The fourth-order valence-electron chi connectivity index (χ4n) is 0.922. The maximum Gasteiger partial charge on any atom is 0.0410 e. The van der Waals surface area contributed by atoms with E-state index in [1.165, 1.54) is 5.56 Å². The molecule has 0 unspecified atom stereocenters. The van der Waals surface area contributed by atoms with E-state index >= 15 is 0 Å². The molecule has 0 amide bonds. The average Bonchev–Trinajstić information content (AvgIpc) is 2.06. The number of hydrogen-bond donors (Lipinski definition) is 1. The van der Waals surface area contributed by atoms with Crippen molar-refractivity contribution in [3.63, 3.8) is 0 Å². The molecule has 0 bridgehead atoms. The third-order valence-electron chi connectivity index (χ3n) is 1.57. The van der Waals surface area contributed by atoms with Crippen LogP contribution in [0.25, 0.3) is 0 Å². The van der Waals surface area contributed by atoms with Gasteiger partial charge in [-0.15, -0.1) is 0 Å². The van der Waals surface area contributed by atoms with Crippen LogP contribution in [0, 0.1) is 0 Å². The summed E-state index contributed by atoms with van der Waals surface area (Å²) in [4.78, 5) is 1.88. The summed E-state index contributed by atoms with van der Waals surface area (Å²) >= 11 is 9.72. The quantitative estimate of drug-likeness (QED) is 0.606. The lowest BCUT2D eigenvalue weighted by atomic mass is 10.2. The molecule has 1 aromatic carbocycles. The topological polar surface area (TPSA) is 39.7 Å². The van der Waals surface area contributed by atoms with Gasteiger partial charge in [0.05, 0.1) is 0 Å². The van der Waals surface area contributed by atoms with Crippen molar-refractivity contribution < 1.29 is 0 Å². The van der Waals surface area contributed by atoms with Crippen molar-refractivity contribution in [3.8, 4) is 0 Å². The molecule has 2 nitrogen and oxygen atoms in total. The Labute approximate surface area is 89.9 Å². The van der Waals surface area contributed by atoms with Gasteiger partial charge in [-0.2, -0.15) is 0 Å². The van der Waals surface area contributed by atoms with Gasteiger partial charge < -0.3 is 35.9 Å². The maximum atomic E-state index is 4.86. The van der Waals surface area contributed by atoms with Crippen LogP contribution in [0.2, 0.25) is 0 Å². The Morgan fingerprint density at radius 2 is 1.92 bits per heavy atom. The SMILES string of the molecule is CN(Cc1ccccc1)C(=S)[S-].[NH4+]. The standard InChI is InChI=1S/C9H11NS2.H3N/c1-10(9(11)12)7-8-5-3-2-4-6-8;/h2-6H,7H2,1H3,(H,11,12);1H3. The van der Waals surface area contributed by atoms with E-state index in [0.717, 1.165) is 6.54 Å². The summed E-state index contributed by atoms with van der Waals surface area (Å²) in [7, 11) is 1.91. The van der Waals surface area contributed by atoms with E-state index in [1.807, 2.05) is 30.1 Å². The van der Waals surface area contributed by atoms with Crippen LogP contribution in [0.3, 0.4) is 0 Å². The van der Waals surface area contributed by atoms with Gasteiger partial charge in [0.1, 0.15) is 0 Å². The lowest BCUT2D eigenvalue weighted by Crippen LogP contribution is -2.21. The summed E-state index contributed by atoms with van der Waals surface area (Å²) in [5.41, 5.74) is 1.23. The first-order valence-corrected chi connectivity index (χ1v) is 4.48. The van der Waals surface area contributed by atoms with Gasteiger partial charge in [-0.05, 0) is 5.56 Å². The number of benzene rings is 1. The number of hydrogen-bond acceptors (Lipinski definition) is 2. The minimum absolute atomic E-state index is 0. The zero-order chi connectivity index (χ0) is 8.97. The third kappa shape index (κ3) is 4.17. The van der Waals surface area contributed by atoms with E-state index in [1.54, 1.807) is 0 Å². The second-order valence-electron chi connectivity index (χ2n) is 2.61. The van der Waals surface area contributed by atoms with Crippen LogP contribution in [-0.2, 0) is 19.2 Å². The van der Waals surface area contributed by atoms with Gasteiger partial charge in [-0.1, -0.05) is 34.7 Å². The molecule has 0 aliphatic rings. The highest BCUT2D eigenvalue weighted by molar-refractivity contribution is 8.00. The van der Waals surface area contributed by atoms with Gasteiger partial charge >= 0.3 is 0 Å². The van der Waals surface area contributed by atoms with E-state index in [4.69, 9.17) is 24.8 Å². The van der Waals surface area contributed by atoms with E-state index in [2.05, 4.69) is 12.1 Å². The summed E-state index contributed by atoms with van der Waals surface area (Å²) in [6, 6.07) is 10.1. The molecule has 72 valence electrons. The third-order valence-corrected chi connectivity index (χ3v) is 2.20. The highest BCUT2D eigenvalue weighted by Gasteiger charge is 1.94. The molecule has 13 heavy (non-hydrogen) atoms. The Morgan fingerprint density at radius 1 is 1.38 bits per heavy atom. The molecule has 0 aromatic heterocycles. The predicted molar refractivity (Wildman–Crippen MR) is 63.9 cm³/mol. The molecule has 0 fully saturated rings. The second kappa shape index (κ2) is 5.85. The molecule has 0 aliphatic carbocycles. The first-order valence-electron chi connectivity index (χ1n) is 3.66. The molecule has 1 rings (SSSR count). The number of nitrogens with zero attached hydrogens (tertiary/aromatic N) is 1. The lowest BCUT2D eigenvalue weighted by molar-refractivity contribution is 0.519.